The van der Waals surface area contributed by atoms with Crippen molar-refractivity contribution < 1.29 is 27.6 Å². The number of hydrogen-bond donors (Lipinski definition) is 2. The molecule has 3 rings (SSSR count). The van der Waals surface area contributed by atoms with E-state index >= 15 is 0 Å². The minimum atomic E-state index is -4.00. The summed E-state index contributed by atoms with van der Waals surface area (Å²) in [7, 11) is -4.00. The fraction of sp³-hybridized carbons (Fsp3) is 0.320. The highest BCUT2D eigenvalue weighted by atomic mass is 32.2. The van der Waals surface area contributed by atoms with E-state index in [1.807, 2.05) is 60.7 Å². The van der Waals surface area contributed by atoms with Crippen molar-refractivity contribution in [1.82, 2.24) is 0 Å². The van der Waals surface area contributed by atoms with Gasteiger partial charge in [0.15, 0.2) is 0 Å². The fourth-order valence-electron chi connectivity index (χ4n) is 4.34. The fourth-order valence-corrected chi connectivity index (χ4v) is 5.31. The molecule has 8 nitrogen and oxygen atoms in total. The molecule has 0 radical (unpaired) electrons. The Morgan fingerprint density at radius 3 is 2.60 bits per heavy atom. The molecule has 0 amide bonds. The first kappa shape index (κ1) is 27.1. The van der Waals surface area contributed by atoms with Gasteiger partial charge < -0.3 is 4.90 Å². The van der Waals surface area contributed by atoms with Crippen molar-refractivity contribution in [2.75, 3.05) is 17.2 Å². The lowest BCUT2D eigenvalue weighted by atomic mass is 9.77. The molecule has 0 saturated heterocycles. The van der Waals surface area contributed by atoms with Gasteiger partial charge in [0.05, 0.1) is 23.5 Å². The number of likely N-dealkylation sites (N-methyl/N-ethyl adjacent to an activating group) is 1. The third-order valence-electron chi connectivity index (χ3n) is 5.95. The van der Waals surface area contributed by atoms with Crippen LogP contribution in [-0.2, 0) is 24.9 Å². The van der Waals surface area contributed by atoms with Crippen molar-refractivity contribution in [3.63, 3.8) is 0 Å². The van der Waals surface area contributed by atoms with Crippen LogP contribution in [-0.4, -0.2) is 36.7 Å². The maximum atomic E-state index is 11.2. The van der Waals surface area contributed by atoms with Gasteiger partial charge >= 0.3 is 0 Å². The van der Waals surface area contributed by atoms with E-state index in [9.17, 15) is 8.42 Å². The first-order chi connectivity index (χ1) is 16.8. The molecule has 0 spiro atoms. The second-order valence-corrected chi connectivity index (χ2v) is 10.6. The first-order valence-electron chi connectivity index (χ1n) is 11.3. The Morgan fingerprint density at radius 2 is 1.91 bits per heavy atom. The van der Waals surface area contributed by atoms with Crippen molar-refractivity contribution >= 4 is 39.8 Å². The number of rotatable bonds is 12. The topological polar surface area (TPSA) is 109 Å². The summed E-state index contributed by atoms with van der Waals surface area (Å²) in [5.74, 6) is -0.264. The van der Waals surface area contributed by atoms with Crippen molar-refractivity contribution in [2.45, 2.75) is 43.4 Å². The van der Waals surface area contributed by atoms with Gasteiger partial charge in [-0.05, 0) is 74.7 Å². The SMILES string of the molecule is CCN1/C(=C/C=C/C=Nc2ccccc2)C(C)(CCCCS(=O)(=O)O)c2cc(SOOO)ccc21. The number of aliphatic imine (C=N–C) groups is 1. The van der Waals surface area contributed by atoms with Gasteiger partial charge in [0.2, 0.25) is 0 Å². The predicted molar refractivity (Wildman–Crippen MR) is 140 cm³/mol. The van der Waals surface area contributed by atoms with Crippen molar-refractivity contribution in [3.8, 4) is 0 Å². The standard InChI is InChI=1S/C25H30N2O6S2/c1-3-27-23-15-14-21(34-33-32-28)19-22(23)25(2,16-8-10-18-35(29,30)31)24(27)13-7-9-17-26-20-11-5-4-6-12-20/h4-7,9,11-15,17,19,28H,3,8,10,16,18H2,1-2H3,(H,29,30,31)/b9-7+,24-13+,26-17?. The summed E-state index contributed by atoms with van der Waals surface area (Å²) in [5, 5.41) is 12.3. The molecule has 0 bridgehead atoms. The molecule has 1 heterocycles. The number of nitrogens with zero attached hydrogens (tertiary/aromatic N) is 2. The molecular formula is C25H30N2O6S2. The van der Waals surface area contributed by atoms with E-state index in [2.05, 4.69) is 39.2 Å². The number of benzene rings is 2. The Morgan fingerprint density at radius 1 is 1.14 bits per heavy atom. The minimum absolute atomic E-state index is 0.264. The molecule has 0 aliphatic carbocycles. The Labute approximate surface area is 210 Å². The summed E-state index contributed by atoms with van der Waals surface area (Å²) in [6, 6.07) is 15.6. The van der Waals surface area contributed by atoms with Gasteiger partial charge in [-0.25, -0.2) is 5.26 Å². The molecule has 188 valence electrons. The van der Waals surface area contributed by atoms with E-state index in [4.69, 9.17) is 9.81 Å². The molecule has 2 aromatic rings. The summed E-state index contributed by atoms with van der Waals surface area (Å²) < 4.78 is 36.1. The molecule has 35 heavy (non-hydrogen) atoms. The molecule has 0 aromatic heterocycles. The molecule has 0 saturated carbocycles. The lowest BCUT2D eigenvalue weighted by Gasteiger charge is -2.30. The Bertz CT molecular complexity index is 1180. The van der Waals surface area contributed by atoms with Crippen LogP contribution in [0, 0.1) is 0 Å². The molecule has 2 aromatic carbocycles. The monoisotopic (exact) mass is 518 g/mol. The van der Waals surface area contributed by atoms with E-state index in [-0.39, 0.29) is 5.75 Å². The maximum absolute atomic E-state index is 11.2. The molecular weight excluding hydrogens is 488 g/mol. The normalized spacial score (nSPS) is 19.3. The van der Waals surface area contributed by atoms with Gasteiger partial charge in [0.25, 0.3) is 10.1 Å². The lowest BCUT2D eigenvalue weighted by Crippen LogP contribution is -2.28. The summed E-state index contributed by atoms with van der Waals surface area (Å²) in [5.41, 5.74) is 3.65. The number of hydrogen-bond acceptors (Lipinski definition) is 8. The zero-order chi connectivity index (χ0) is 25.3. The van der Waals surface area contributed by atoms with Crippen LogP contribution < -0.4 is 4.90 Å². The van der Waals surface area contributed by atoms with Gasteiger partial charge in [-0.2, -0.15) is 8.42 Å². The third kappa shape index (κ3) is 7.26. The van der Waals surface area contributed by atoms with Crippen LogP contribution in [0.5, 0.6) is 0 Å². The molecule has 1 aliphatic rings. The third-order valence-corrected chi connectivity index (χ3v) is 7.33. The highest BCUT2D eigenvalue weighted by Crippen LogP contribution is 2.51. The van der Waals surface area contributed by atoms with Crippen LogP contribution in [0.4, 0.5) is 11.4 Å². The molecule has 2 N–H and O–H groups in total. The number of anilines is 1. The zero-order valence-corrected chi connectivity index (χ0v) is 21.3. The van der Waals surface area contributed by atoms with Crippen molar-refractivity contribution in [3.05, 3.63) is 78.0 Å². The highest BCUT2D eigenvalue weighted by molar-refractivity contribution is 7.94. The minimum Gasteiger partial charge on any atom is -0.344 e. The number of para-hydroxylation sites is 1. The second-order valence-electron chi connectivity index (χ2n) is 8.27. The average Bonchev–Trinajstić information content (AvgIpc) is 3.07. The second kappa shape index (κ2) is 12.5. The van der Waals surface area contributed by atoms with Gasteiger partial charge in [0.1, 0.15) is 0 Å². The molecule has 10 heteroatoms. The van der Waals surface area contributed by atoms with Crippen LogP contribution in [0.3, 0.4) is 0 Å². The molecule has 1 atom stereocenters. The van der Waals surface area contributed by atoms with Gasteiger partial charge in [-0.1, -0.05) is 35.7 Å². The first-order valence-corrected chi connectivity index (χ1v) is 13.6. The number of fused-ring (bicyclic) bond motifs is 1. The molecule has 0 fully saturated rings. The Kier molecular flexibility index (Phi) is 9.67. The number of unbranched alkanes of at least 4 members (excludes halogenated alkanes) is 1. The largest absolute Gasteiger partial charge is 0.344 e. The van der Waals surface area contributed by atoms with Crippen LogP contribution in [0.25, 0.3) is 0 Å². The highest BCUT2D eigenvalue weighted by Gasteiger charge is 2.42. The summed E-state index contributed by atoms with van der Waals surface area (Å²) in [6.45, 7) is 4.95. The average molecular weight is 519 g/mol. The van der Waals surface area contributed by atoms with E-state index < -0.39 is 15.5 Å². The smallest absolute Gasteiger partial charge is 0.264 e. The molecule has 1 aliphatic heterocycles. The van der Waals surface area contributed by atoms with Crippen LogP contribution >= 0.6 is 12.0 Å². The van der Waals surface area contributed by atoms with E-state index in [1.54, 1.807) is 6.21 Å². The van der Waals surface area contributed by atoms with Crippen LogP contribution in [0.2, 0.25) is 0 Å². The van der Waals surface area contributed by atoms with Gasteiger partial charge in [-0.3, -0.25) is 9.55 Å². The van der Waals surface area contributed by atoms with Gasteiger partial charge in [0, 0.05) is 34.5 Å². The number of allylic oxidation sites excluding steroid dienone is 4. The van der Waals surface area contributed by atoms with E-state index in [1.165, 1.54) is 0 Å². The maximum Gasteiger partial charge on any atom is 0.264 e. The Hall–Kier alpha value is -2.47. The van der Waals surface area contributed by atoms with Gasteiger partial charge in [-0.15, -0.1) is 4.33 Å². The van der Waals surface area contributed by atoms with Crippen LogP contribution in [0.15, 0.2) is 82.3 Å². The lowest BCUT2D eigenvalue weighted by molar-refractivity contribution is -0.432. The predicted octanol–water partition coefficient (Wildman–Crippen LogP) is 6.11. The zero-order valence-electron chi connectivity index (χ0n) is 19.7. The summed E-state index contributed by atoms with van der Waals surface area (Å²) in [6.07, 6.45) is 9.28. The quantitative estimate of drug-likeness (QED) is 0.0865. The molecule has 1 unspecified atom stereocenters. The van der Waals surface area contributed by atoms with Crippen molar-refractivity contribution in [2.24, 2.45) is 4.99 Å². The van der Waals surface area contributed by atoms with E-state index in [0.29, 0.717) is 19.3 Å². The van der Waals surface area contributed by atoms with Crippen LogP contribution in [0.1, 0.15) is 38.7 Å². The summed E-state index contributed by atoms with van der Waals surface area (Å²) >= 11 is 0.897. The van der Waals surface area contributed by atoms with E-state index in [0.717, 1.165) is 46.1 Å². The summed E-state index contributed by atoms with van der Waals surface area (Å²) in [4.78, 5) is 7.41. The van der Waals surface area contributed by atoms with Crippen molar-refractivity contribution in [1.29, 1.82) is 0 Å². The Balaban J connectivity index is 1.90.